The number of primary sulfonamides is 1. The van der Waals surface area contributed by atoms with Crippen LogP contribution in [0.5, 0.6) is 0 Å². The molecule has 0 atom stereocenters. The summed E-state index contributed by atoms with van der Waals surface area (Å²) in [7, 11) is -10.8. The Labute approximate surface area is 265 Å². The summed E-state index contributed by atoms with van der Waals surface area (Å²) in [5, 5.41) is 5.86. The van der Waals surface area contributed by atoms with Crippen molar-refractivity contribution in [1.29, 1.82) is 0 Å². The number of alkyl halides is 3. The number of carbonyl (C=O) groups excluding carboxylic acids is 1. The summed E-state index contributed by atoms with van der Waals surface area (Å²) in [6.45, 7) is 3.83. The molecular formula is C31H31ClF3N3O5S2. The van der Waals surface area contributed by atoms with E-state index in [1.54, 1.807) is 12.1 Å². The number of sulfone groups is 1. The number of piperazine rings is 1. The van der Waals surface area contributed by atoms with Gasteiger partial charge in [0, 0.05) is 49.0 Å². The van der Waals surface area contributed by atoms with Gasteiger partial charge >= 0.3 is 5.51 Å². The van der Waals surface area contributed by atoms with Crippen molar-refractivity contribution in [3.05, 3.63) is 94.0 Å². The topological polar surface area (TPSA) is 118 Å². The number of benzene rings is 3. The quantitative estimate of drug-likeness (QED) is 0.305. The van der Waals surface area contributed by atoms with Gasteiger partial charge in [-0.2, -0.15) is 13.2 Å². The highest BCUT2D eigenvalue weighted by Crippen LogP contribution is 2.36. The molecule has 0 amide bonds. The summed E-state index contributed by atoms with van der Waals surface area (Å²) in [4.78, 5) is 15.4. The van der Waals surface area contributed by atoms with Crippen molar-refractivity contribution < 1.29 is 34.8 Å². The van der Waals surface area contributed by atoms with Gasteiger partial charge in [0.1, 0.15) is 0 Å². The van der Waals surface area contributed by atoms with Crippen LogP contribution in [0.1, 0.15) is 47.2 Å². The lowest BCUT2D eigenvalue weighted by Gasteiger charge is -2.37. The number of rotatable bonds is 8. The fourth-order valence-corrected chi connectivity index (χ4v) is 7.79. The molecule has 1 fully saturated rings. The Morgan fingerprint density at radius 1 is 0.822 bits per heavy atom. The third-order valence-corrected chi connectivity index (χ3v) is 10.9. The lowest BCUT2D eigenvalue weighted by atomic mass is 9.87. The molecule has 14 heteroatoms. The minimum Gasteiger partial charge on any atom is -0.369 e. The highest BCUT2D eigenvalue weighted by molar-refractivity contribution is 7.92. The van der Waals surface area contributed by atoms with Gasteiger partial charge in [0.2, 0.25) is 10.0 Å². The highest BCUT2D eigenvalue weighted by Gasteiger charge is 2.49. The summed E-state index contributed by atoms with van der Waals surface area (Å²) in [6.07, 6.45) is 4.39. The van der Waals surface area contributed by atoms with E-state index >= 15 is 0 Å². The molecule has 1 aliphatic carbocycles. The fourth-order valence-electron chi connectivity index (χ4n) is 5.86. The van der Waals surface area contributed by atoms with E-state index in [9.17, 15) is 34.8 Å². The van der Waals surface area contributed by atoms with Gasteiger partial charge in [0.05, 0.1) is 15.4 Å². The zero-order valence-corrected chi connectivity index (χ0v) is 26.4. The van der Waals surface area contributed by atoms with Crippen LogP contribution >= 0.6 is 11.6 Å². The van der Waals surface area contributed by atoms with E-state index in [4.69, 9.17) is 16.7 Å². The second kappa shape index (κ2) is 12.9. The Balaban J connectivity index is 1.32. The molecule has 0 radical (unpaired) electrons. The Morgan fingerprint density at radius 2 is 1.42 bits per heavy atom. The molecule has 3 aromatic rings. The molecule has 1 saturated heterocycles. The highest BCUT2D eigenvalue weighted by atomic mass is 35.5. The smallest absolute Gasteiger partial charge is 0.369 e. The zero-order chi connectivity index (χ0) is 32.6. The van der Waals surface area contributed by atoms with Crippen molar-refractivity contribution in [2.24, 2.45) is 5.14 Å². The predicted molar refractivity (Wildman–Crippen MR) is 166 cm³/mol. The van der Waals surface area contributed by atoms with Gasteiger partial charge < -0.3 is 4.90 Å². The number of nitrogens with two attached hydrogens (primary N) is 1. The molecule has 0 unspecified atom stereocenters. The van der Waals surface area contributed by atoms with Gasteiger partial charge in [-0.3, -0.25) is 9.69 Å². The standard InChI is InChI=1S/C31H31ClF3N3O5S2/c32-24-12-8-21(9-13-24)26-5-2-1-4-23(26)20-37-16-18-38(19-17-37)25-14-10-22(11-15-25)30(39)29-27(44(40,41)31(33,34)35)6-3-7-28(29)45(36,42)43/h3,6-15H,1-2,4-5,16-20H2,(H2,36,42,43). The lowest BCUT2D eigenvalue weighted by molar-refractivity contribution is -0.0436. The lowest BCUT2D eigenvalue weighted by Crippen LogP contribution is -2.47. The van der Waals surface area contributed by atoms with Crippen LogP contribution in [0.25, 0.3) is 5.57 Å². The van der Waals surface area contributed by atoms with Crippen LogP contribution < -0.4 is 10.0 Å². The fraction of sp³-hybridized carbons (Fsp3) is 0.323. The Hall–Kier alpha value is -3.23. The number of carbonyl (C=O) groups is 1. The van der Waals surface area contributed by atoms with Gasteiger partial charge in [-0.15, -0.1) is 0 Å². The van der Waals surface area contributed by atoms with E-state index < -0.39 is 46.5 Å². The normalized spacial score (nSPS) is 17.0. The number of allylic oxidation sites excluding steroid dienone is 1. The maximum Gasteiger partial charge on any atom is 0.501 e. The first kappa shape index (κ1) is 33.1. The summed E-state index contributed by atoms with van der Waals surface area (Å²) in [5.74, 6) is -1.21. The van der Waals surface area contributed by atoms with Gasteiger partial charge in [-0.1, -0.05) is 35.4 Å². The molecule has 0 saturated carbocycles. The van der Waals surface area contributed by atoms with Crippen molar-refractivity contribution in [2.45, 2.75) is 41.0 Å². The van der Waals surface area contributed by atoms with Gasteiger partial charge in [-0.05, 0) is 85.4 Å². The van der Waals surface area contributed by atoms with Crippen LogP contribution in [-0.4, -0.2) is 65.8 Å². The van der Waals surface area contributed by atoms with Crippen LogP contribution in [0, 0.1) is 0 Å². The average Bonchev–Trinajstić information content (AvgIpc) is 3.00. The van der Waals surface area contributed by atoms with Gasteiger partial charge in [-0.25, -0.2) is 22.0 Å². The number of nitrogens with zero attached hydrogens (tertiary/aromatic N) is 2. The van der Waals surface area contributed by atoms with Crippen molar-refractivity contribution >= 4 is 48.5 Å². The molecule has 0 aromatic heterocycles. The molecule has 3 aromatic carbocycles. The van der Waals surface area contributed by atoms with Crippen LogP contribution in [0.4, 0.5) is 18.9 Å². The minimum absolute atomic E-state index is 0.189. The summed E-state index contributed by atoms with van der Waals surface area (Å²) in [6, 6.07) is 16.0. The van der Waals surface area contributed by atoms with E-state index in [1.807, 2.05) is 12.1 Å². The molecule has 1 heterocycles. The van der Waals surface area contributed by atoms with Crippen LogP contribution in [-0.2, 0) is 19.9 Å². The summed E-state index contributed by atoms with van der Waals surface area (Å²) < 4.78 is 89.2. The Kier molecular flexibility index (Phi) is 9.48. The molecule has 240 valence electrons. The molecule has 2 aliphatic rings. The third kappa shape index (κ3) is 7.12. The number of sulfonamides is 1. The van der Waals surface area contributed by atoms with E-state index in [0.717, 1.165) is 63.1 Å². The molecular weight excluding hydrogens is 651 g/mol. The largest absolute Gasteiger partial charge is 0.501 e. The van der Waals surface area contributed by atoms with E-state index in [0.29, 0.717) is 24.2 Å². The predicted octanol–water partition coefficient (Wildman–Crippen LogP) is 5.66. The molecule has 0 bridgehead atoms. The van der Waals surface area contributed by atoms with Crippen molar-refractivity contribution in [3.63, 3.8) is 0 Å². The second-order valence-electron chi connectivity index (χ2n) is 11.1. The zero-order valence-electron chi connectivity index (χ0n) is 24.1. The maximum absolute atomic E-state index is 13.4. The van der Waals surface area contributed by atoms with Gasteiger partial charge in [0.25, 0.3) is 9.84 Å². The first-order valence-electron chi connectivity index (χ1n) is 14.2. The summed E-state index contributed by atoms with van der Waals surface area (Å²) >= 11 is 6.09. The third-order valence-electron chi connectivity index (χ3n) is 8.17. The molecule has 0 spiro atoms. The second-order valence-corrected chi connectivity index (χ2v) is 14.9. The van der Waals surface area contributed by atoms with Crippen molar-refractivity contribution in [3.8, 4) is 0 Å². The molecule has 45 heavy (non-hydrogen) atoms. The minimum atomic E-state index is -6.07. The van der Waals surface area contributed by atoms with Crippen LogP contribution in [0.3, 0.4) is 0 Å². The van der Waals surface area contributed by atoms with Crippen molar-refractivity contribution in [2.75, 3.05) is 37.6 Å². The van der Waals surface area contributed by atoms with E-state index in [-0.39, 0.29) is 5.56 Å². The Bertz CT molecular complexity index is 1840. The number of hydrogen-bond acceptors (Lipinski definition) is 7. The molecule has 5 rings (SSSR count). The number of halogens is 4. The SMILES string of the molecule is NS(=O)(=O)c1cccc(S(=O)(=O)C(F)(F)F)c1C(=O)c1ccc(N2CCN(CC3=C(c4ccc(Cl)cc4)CCCC3)CC2)cc1. The van der Waals surface area contributed by atoms with Crippen LogP contribution in [0.2, 0.25) is 5.02 Å². The number of ketones is 1. The maximum atomic E-state index is 13.4. The monoisotopic (exact) mass is 681 g/mol. The number of hydrogen-bond donors (Lipinski definition) is 1. The van der Waals surface area contributed by atoms with Gasteiger partial charge in [0.15, 0.2) is 5.78 Å². The molecule has 2 N–H and O–H groups in total. The summed E-state index contributed by atoms with van der Waals surface area (Å²) in [5.41, 5.74) is -2.32. The molecule has 8 nitrogen and oxygen atoms in total. The number of anilines is 1. The Morgan fingerprint density at radius 3 is 2.02 bits per heavy atom. The van der Waals surface area contributed by atoms with E-state index in [2.05, 4.69) is 21.9 Å². The first-order valence-corrected chi connectivity index (χ1v) is 17.6. The first-order chi connectivity index (χ1) is 21.2. The van der Waals surface area contributed by atoms with Crippen molar-refractivity contribution in [1.82, 2.24) is 4.90 Å². The molecule has 1 aliphatic heterocycles. The average molecular weight is 682 g/mol. The van der Waals surface area contributed by atoms with E-state index in [1.165, 1.54) is 28.8 Å². The van der Waals surface area contributed by atoms with Crippen LogP contribution in [0.15, 0.2) is 82.1 Å².